The summed E-state index contributed by atoms with van der Waals surface area (Å²) in [5.41, 5.74) is 0. The molecule has 114 valence electrons. The molecule has 21 heavy (non-hydrogen) atoms. The molecule has 0 aliphatic heterocycles. The molecule has 0 radical (unpaired) electrons. The van der Waals surface area contributed by atoms with Crippen molar-refractivity contribution in [2.45, 2.75) is 24.8 Å². The maximum atomic E-state index is 12.1. The van der Waals surface area contributed by atoms with Crippen LogP contribution in [0.2, 0.25) is 0 Å². The van der Waals surface area contributed by atoms with E-state index >= 15 is 0 Å². The zero-order chi connectivity index (χ0) is 15.3. The largest absolute Gasteiger partial charge is 0.354 e. The van der Waals surface area contributed by atoms with Gasteiger partial charge >= 0.3 is 0 Å². The Hall–Kier alpha value is -2.07. The first kappa shape index (κ1) is 15.3. The van der Waals surface area contributed by atoms with Gasteiger partial charge in [-0.2, -0.15) is 5.10 Å². The number of rotatable bonds is 7. The molecule has 0 saturated heterocycles. The van der Waals surface area contributed by atoms with Crippen molar-refractivity contribution < 1.29 is 8.42 Å². The van der Waals surface area contributed by atoms with Crippen molar-refractivity contribution in [2.75, 3.05) is 11.9 Å². The van der Waals surface area contributed by atoms with Crippen LogP contribution in [-0.4, -0.2) is 39.7 Å². The lowest BCUT2D eigenvalue weighted by Gasteiger charge is -2.06. The molecule has 0 saturated carbocycles. The van der Waals surface area contributed by atoms with Crippen LogP contribution in [-0.2, 0) is 23.6 Å². The topological polar surface area (TPSA) is 115 Å². The van der Waals surface area contributed by atoms with Gasteiger partial charge in [-0.1, -0.05) is 6.92 Å². The predicted octanol–water partition coefficient (Wildman–Crippen LogP) is -0.0945. The molecular formula is C11H17N7O2S. The third-order valence-corrected chi connectivity index (χ3v) is 3.89. The maximum absolute atomic E-state index is 12.1. The molecule has 2 aromatic heterocycles. The van der Waals surface area contributed by atoms with Crippen LogP contribution >= 0.6 is 0 Å². The van der Waals surface area contributed by atoms with Crippen molar-refractivity contribution in [2.24, 2.45) is 7.05 Å². The van der Waals surface area contributed by atoms with E-state index in [1.54, 1.807) is 7.05 Å². The normalized spacial score (nSPS) is 11.5. The SMILES string of the molecule is CCCNc1ncc(S(=O)(=O)NCc2ncn(C)n2)cn1. The first-order valence-electron chi connectivity index (χ1n) is 6.41. The highest BCUT2D eigenvalue weighted by Crippen LogP contribution is 2.07. The fourth-order valence-corrected chi connectivity index (χ4v) is 2.36. The van der Waals surface area contributed by atoms with Gasteiger partial charge in [-0.25, -0.2) is 28.1 Å². The molecule has 0 aromatic carbocycles. The highest BCUT2D eigenvalue weighted by molar-refractivity contribution is 7.89. The van der Waals surface area contributed by atoms with E-state index in [2.05, 4.69) is 30.1 Å². The molecule has 0 aliphatic rings. The van der Waals surface area contributed by atoms with Crippen LogP contribution in [0, 0.1) is 0 Å². The van der Waals surface area contributed by atoms with Gasteiger partial charge in [0.2, 0.25) is 16.0 Å². The molecule has 0 aliphatic carbocycles. The Balaban J connectivity index is 2.01. The Bertz CT molecular complexity index is 681. The minimum absolute atomic E-state index is 0.000444. The van der Waals surface area contributed by atoms with Gasteiger partial charge in [0.1, 0.15) is 11.2 Å². The Morgan fingerprint density at radius 3 is 2.52 bits per heavy atom. The molecule has 9 nitrogen and oxygen atoms in total. The predicted molar refractivity (Wildman–Crippen MR) is 75.8 cm³/mol. The first-order chi connectivity index (χ1) is 10.0. The molecule has 2 heterocycles. The number of aromatic nitrogens is 5. The van der Waals surface area contributed by atoms with Crippen molar-refractivity contribution >= 4 is 16.0 Å². The monoisotopic (exact) mass is 311 g/mol. The van der Waals surface area contributed by atoms with E-state index in [4.69, 9.17) is 0 Å². The second kappa shape index (κ2) is 6.59. The molecule has 0 bridgehead atoms. The summed E-state index contributed by atoms with van der Waals surface area (Å²) in [6, 6.07) is 0. The van der Waals surface area contributed by atoms with Crippen molar-refractivity contribution in [1.29, 1.82) is 0 Å². The number of aryl methyl sites for hydroxylation is 1. The number of hydrogen-bond acceptors (Lipinski definition) is 7. The van der Waals surface area contributed by atoms with Crippen molar-refractivity contribution in [3.8, 4) is 0 Å². The van der Waals surface area contributed by atoms with Crippen LogP contribution in [0.3, 0.4) is 0 Å². The molecule has 2 rings (SSSR count). The average Bonchev–Trinajstić information content (AvgIpc) is 2.89. The minimum Gasteiger partial charge on any atom is -0.354 e. The number of hydrogen-bond donors (Lipinski definition) is 2. The molecular weight excluding hydrogens is 294 g/mol. The lowest BCUT2D eigenvalue weighted by Crippen LogP contribution is -2.24. The second-order valence-electron chi connectivity index (χ2n) is 4.33. The van der Waals surface area contributed by atoms with Gasteiger partial charge in [0.15, 0.2) is 5.82 Å². The summed E-state index contributed by atoms with van der Waals surface area (Å²) in [5, 5.41) is 6.97. The quantitative estimate of drug-likeness (QED) is 0.734. The minimum atomic E-state index is -3.68. The van der Waals surface area contributed by atoms with E-state index in [0.29, 0.717) is 11.8 Å². The lowest BCUT2D eigenvalue weighted by atomic mass is 10.5. The summed E-state index contributed by atoms with van der Waals surface area (Å²) in [7, 11) is -1.97. The van der Waals surface area contributed by atoms with Crippen LogP contribution in [0.4, 0.5) is 5.95 Å². The Morgan fingerprint density at radius 2 is 1.95 bits per heavy atom. The van der Waals surface area contributed by atoms with Crippen LogP contribution in [0.15, 0.2) is 23.6 Å². The summed E-state index contributed by atoms with van der Waals surface area (Å²) in [6.45, 7) is 2.76. The second-order valence-corrected chi connectivity index (χ2v) is 6.10. The van der Waals surface area contributed by atoms with Gasteiger partial charge in [0.05, 0.1) is 18.9 Å². The Morgan fingerprint density at radius 1 is 1.24 bits per heavy atom. The van der Waals surface area contributed by atoms with E-state index in [-0.39, 0.29) is 11.4 Å². The van der Waals surface area contributed by atoms with Crippen LogP contribution in [0.5, 0.6) is 0 Å². The van der Waals surface area contributed by atoms with E-state index in [1.807, 2.05) is 6.92 Å². The van der Waals surface area contributed by atoms with Gasteiger partial charge in [0, 0.05) is 13.6 Å². The molecule has 0 amide bonds. The zero-order valence-corrected chi connectivity index (χ0v) is 12.6. The van der Waals surface area contributed by atoms with Gasteiger partial charge in [0.25, 0.3) is 0 Å². The average molecular weight is 311 g/mol. The van der Waals surface area contributed by atoms with Crippen molar-refractivity contribution in [3.05, 3.63) is 24.5 Å². The molecule has 0 unspecified atom stereocenters. The van der Waals surface area contributed by atoms with E-state index in [9.17, 15) is 8.42 Å². The Labute approximate surface area is 122 Å². The lowest BCUT2D eigenvalue weighted by molar-refractivity contribution is 0.577. The molecule has 10 heteroatoms. The van der Waals surface area contributed by atoms with Gasteiger partial charge in [-0.15, -0.1) is 0 Å². The Kier molecular flexibility index (Phi) is 4.81. The highest BCUT2D eigenvalue weighted by Gasteiger charge is 2.16. The summed E-state index contributed by atoms with van der Waals surface area (Å²) in [4.78, 5) is 11.9. The highest BCUT2D eigenvalue weighted by atomic mass is 32.2. The number of nitrogens with one attached hydrogen (secondary N) is 2. The van der Waals surface area contributed by atoms with Gasteiger partial charge in [-0.05, 0) is 6.42 Å². The van der Waals surface area contributed by atoms with Crippen molar-refractivity contribution in [1.82, 2.24) is 29.5 Å². The smallest absolute Gasteiger partial charge is 0.244 e. The summed E-state index contributed by atoms with van der Waals surface area (Å²) in [6.07, 6.45) is 4.96. The molecule has 0 fully saturated rings. The third kappa shape index (κ3) is 4.20. The molecule has 2 aromatic rings. The van der Waals surface area contributed by atoms with Crippen LogP contribution in [0.25, 0.3) is 0 Å². The summed E-state index contributed by atoms with van der Waals surface area (Å²) >= 11 is 0. The molecule has 0 spiro atoms. The number of nitrogens with zero attached hydrogens (tertiary/aromatic N) is 5. The standard InChI is InChI=1S/C11H17N7O2S/c1-3-4-12-11-13-5-9(6-14-11)21(19,20)16-7-10-15-8-18(2)17-10/h5-6,8,16H,3-4,7H2,1-2H3,(H,12,13,14). The van der Waals surface area contributed by atoms with E-state index < -0.39 is 10.0 Å². The zero-order valence-electron chi connectivity index (χ0n) is 11.8. The van der Waals surface area contributed by atoms with Crippen molar-refractivity contribution in [3.63, 3.8) is 0 Å². The molecule has 0 atom stereocenters. The first-order valence-corrected chi connectivity index (χ1v) is 7.89. The summed E-state index contributed by atoms with van der Waals surface area (Å²) < 4.78 is 28.0. The van der Waals surface area contributed by atoms with Gasteiger partial charge in [-0.3, -0.25) is 4.68 Å². The maximum Gasteiger partial charge on any atom is 0.244 e. The fourth-order valence-electron chi connectivity index (χ4n) is 1.49. The summed E-state index contributed by atoms with van der Waals surface area (Å²) in [5.74, 6) is 0.797. The van der Waals surface area contributed by atoms with E-state index in [1.165, 1.54) is 23.4 Å². The van der Waals surface area contributed by atoms with Gasteiger partial charge < -0.3 is 5.32 Å². The van der Waals surface area contributed by atoms with Crippen LogP contribution in [0.1, 0.15) is 19.2 Å². The fraction of sp³-hybridized carbons (Fsp3) is 0.455. The third-order valence-electron chi connectivity index (χ3n) is 2.54. The van der Waals surface area contributed by atoms with E-state index in [0.717, 1.165) is 13.0 Å². The number of anilines is 1. The number of sulfonamides is 1. The molecule has 2 N–H and O–H groups in total. The van der Waals surface area contributed by atoms with Crippen LogP contribution < -0.4 is 10.0 Å².